The van der Waals surface area contributed by atoms with Crippen molar-refractivity contribution in [1.29, 1.82) is 0 Å². The second-order valence-corrected chi connectivity index (χ2v) is 11.7. The smallest absolute Gasteiger partial charge is 0.326 e. The highest BCUT2D eigenvalue weighted by Crippen LogP contribution is 2.12. The highest BCUT2D eigenvalue weighted by atomic mass is 16.4. The minimum Gasteiger partial charge on any atom is -0.508 e. The molecule has 15 nitrogen and oxygen atoms in total. The van der Waals surface area contributed by atoms with E-state index >= 15 is 0 Å². The number of hydrogen-bond donors (Lipinski definition) is 8. The van der Waals surface area contributed by atoms with Crippen LogP contribution in [0, 0.1) is 5.92 Å². The summed E-state index contributed by atoms with van der Waals surface area (Å²) < 4.78 is 0. The van der Waals surface area contributed by atoms with Gasteiger partial charge in [-0.05, 0) is 42.0 Å². The van der Waals surface area contributed by atoms with E-state index in [1.807, 2.05) is 13.8 Å². The van der Waals surface area contributed by atoms with E-state index in [4.69, 9.17) is 5.73 Å². The molecule has 3 aromatic carbocycles. The quantitative estimate of drug-likeness (QED) is 0.0770. The van der Waals surface area contributed by atoms with Gasteiger partial charge in [0, 0.05) is 13.0 Å². The van der Waals surface area contributed by atoms with Crippen LogP contribution in [0.15, 0.2) is 64.2 Å². The Morgan fingerprint density at radius 2 is 1.40 bits per heavy atom. The number of phenolic OH excluding ortho intramolecular Hbond substituents is 1. The lowest BCUT2D eigenvalue weighted by atomic mass is 10.0. The van der Waals surface area contributed by atoms with Crippen LogP contribution >= 0.6 is 0 Å². The highest BCUT2D eigenvalue weighted by molar-refractivity contribution is 5.92. The van der Waals surface area contributed by atoms with Crippen molar-refractivity contribution in [2.24, 2.45) is 11.7 Å². The number of carbonyl (C=O) groups excluding carboxylic acids is 4. The van der Waals surface area contributed by atoms with Gasteiger partial charge in [-0.3, -0.25) is 28.8 Å². The van der Waals surface area contributed by atoms with Gasteiger partial charge in [0.15, 0.2) is 0 Å². The topological polar surface area (TPSA) is 246 Å². The lowest BCUT2D eigenvalue weighted by molar-refractivity contribution is -0.142. The van der Waals surface area contributed by atoms with Crippen LogP contribution in [-0.2, 0) is 43.4 Å². The van der Waals surface area contributed by atoms with Gasteiger partial charge < -0.3 is 42.5 Å². The third-order valence-corrected chi connectivity index (χ3v) is 7.31. The average molecular weight is 665 g/mol. The van der Waals surface area contributed by atoms with Crippen molar-refractivity contribution in [2.75, 3.05) is 18.4 Å². The number of nitrogens with one attached hydrogen (secondary N) is 5. The fourth-order valence-electron chi connectivity index (χ4n) is 4.76. The van der Waals surface area contributed by atoms with E-state index in [2.05, 4.69) is 26.6 Å². The number of nitrogens with two attached hydrogens (primary N) is 1. The largest absolute Gasteiger partial charge is 0.508 e. The monoisotopic (exact) mass is 664 g/mol. The van der Waals surface area contributed by atoms with Gasteiger partial charge in [0.1, 0.15) is 17.8 Å². The van der Waals surface area contributed by atoms with Gasteiger partial charge in [0.2, 0.25) is 34.5 Å². The number of carboxylic acid groups (broad SMARTS) is 1. The number of hydrogen-bond acceptors (Lipinski definition) is 10. The number of amides is 4. The predicted octanol–water partition coefficient (Wildman–Crippen LogP) is -0.954. The maximum absolute atomic E-state index is 13.1. The molecule has 15 heteroatoms. The van der Waals surface area contributed by atoms with Crippen LogP contribution in [-0.4, -0.2) is 71.0 Å². The summed E-state index contributed by atoms with van der Waals surface area (Å²) in [5.74, 6) is -3.84. The van der Waals surface area contributed by atoms with Gasteiger partial charge in [-0.25, -0.2) is 4.79 Å². The number of benzene rings is 2. The third kappa shape index (κ3) is 11.0. The van der Waals surface area contributed by atoms with Crippen LogP contribution in [0.25, 0.3) is 0 Å². The Kier molecular flexibility index (Phi) is 13.4. The van der Waals surface area contributed by atoms with Gasteiger partial charge >= 0.3 is 5.97 Å². The van der Waals surface area contributed by atoms with E-state index in [0.29, 0.717) is 11.1 Å². The van der Waals surface area contributed by atoms with E-state index in [0.717, 1.165) is 0 Å². The van der Waals surface area contributed by atoms with Crippen LogP contribution in [0.4, 0.5) is 5.69 Å². The van der Waals surface area contributed by atoms with Crippen LogP contribution in [0.2, 0.25) is 0 Å². The van der Waals surface area contributed by atoms with Crippen LogP contribution < -0.4 is 43.2 Å². The SMILES string of the molecule is CC(C)C[C@H](NC(=O)[C@H](Cc1ccccc1)NC(=O)CNc1c(CNC(=O)CNC(=O)[C@@H](N)Cc2ccc(O)cc2)c(=O)c1=O)C(=O)O. The molecule has 256 valence electrons. The summed E-state index contributed by atoms with van der Waals surface area (Å²) in [5, 5.41) is 31.3. The molecular weight excluding hydrogens is 624 g/mol. The molecule has 48 heavy (non-hydrogen) atoms. The standard InChI is InChI=1S/C33H40N6O9/c1-18(2)12-25(33(47)48)39-32(46)24(14-19-6-4-3-5-7-19)38-27(42)17-36-28-22(29(43)30(28)44)15-35-26(41)16-37-31(45)23(34)13-20-8-10-21(40)11-9-20/h3-11,18,23-25,36,40H,12-17,34H2,1-2H3,(H,35,41)(H,37,45)(H,38,42)(H,39,46)(H,47,48)/t23-,24-,25-/m0/s1. The fraction of sp³-hybridized carbons (Fsp3) is 0.364. The highest BCUT2D eigenvalue weighted by Gasteiger charge is 2.28. The molecule has 0 heterocycles. The Morgan fingerprint density at radius 1 is 0.750 bits per heavy atom. The number of carbonyl (C=O) groups is 5. The Hall–Kier alpha value is -5.57. The molecule has 0 aliphatic rings. The van der Waals surface area contributed by atoms with Crippen molar-refractivity contribution in [3.63, 3.8) is 0 Å². The first kappa shape index (κ1) is 36.9. The van der Waals surface area contributed by atoms with Gasteiger partial charge in [-0.15, -0.1) is 0 Å². The molecular formula is C33H40N6O9. The van der Waals surface area contributed by atoms with E-state index < -0.39 is 71.7 Å². The normalized spacial score (nSPS) is 12.8. The number of aromatic hydroxyl groups is 1. The lowest BCUT2D eigenvalue weighted by Crippen LogP contribution is -2.53. The fourth-order valence-corrected chi connectivity index (χ4v) is 4.76. The van der Waals surface area contributed by atoms with E-state index in [-0.39, 0.29) is 48.7 Å². The number of carboxylic acids is 1. The molecule has 0 radical (unpaired) electrons. The minimum atomic E-state index is -1.21. The molecule has 0 unspecified atom stereocenters. The van der Waals surface area contributed by atoms with Gasteiger partial charge in [-0.2, -0.15) is 0 Å². The van der Waals surface area contributed by atoms with Gasteiger partial charge in [0.05, 0.1) is 30.4 Å². The molecule has 0 saturated heterocycles. The predicted molar refractivity (Wildman–Crippen MR) is 176 cm³/mol. The first-order valence-corrected chi connectivity index (χ1v) is 15.3. The Balaban J connectivity index is 1.54. The molecule has 0 bridgehead atoms. The zero-order valence-electron chi connectivity index (χ0n) is 26.6. The zero-order valence-corrected chi connectivity index (χ0v) is 26.6. The minimum absolute atomic E-state index is 0.0210. The Morgan fingerprint density at radius 3 is 2.02 bits per heavy atom. The summed E-state index contributed by atoms with van der Waals surface area (Å²) in [5.41, 5.74) is 5.30. The van der Waals surface area contributed by atoms with Crippen molar-refractivity contribution < 1.29 is 34.2 Å². The second kappa shape index (κ2) is 17.4. The van der Waals surface area contributed by atoms with Crippen molar-refractivity contribution >= 4 is 35.3 Å². The summed E-state index contributed by atoms with van der Waals surface area (Å²) in [6.45, 7) is 2.32. The molecule has 0 fully saturated rings. The number of rotatable bonds is 18. The second-order valence-electron chi connectivity index (χ2n) is 11.7. The van der Waals surface area contributed by atoms with Crippen LogP contribution in [0.1, 0.15) is 37.0 Å². The molecule has 3 atom stereocenters. The first-order valence-electron chi connectivity index (χ1n) is 15.3. The molecule has 4 amide bonds. The summed E-state index contributed by atoms with van der Waals surface area (Å²) in [7, 11) is 0. The summed E-state index contributed by atoms with van der Waals surface area (Å²) >= 11 is 0. The van der Waals surface area contributed by atoms with Gasteiger partial charge in [0.25, 0.3) is 0 Å². The molecule has 9 N–H and O–H groups in total. The average Bonchev–Trinajstić information content (AvgIpc) is 3.05. The zero-order chi connectivity index (χ0) is 35.4. The Bertz CT molecular complexity index is 1670. The summed E-state index contributed by atoms with van der Waals surface area (Å²) in [6, 6.07) is 11.6. The van der Waals surface area contributed by atoms with Crippen molar-refractivity contribution in [3.8, 4) is 5.75 Å². The maximum atomic E-state index is 13.1. The molecule has 0 aromatic heterocycles. The number of anilines is 1. The van der Waals surface area contributed by atoms with E-state index in [9.17, 15) is 43.8 Å². The van der Waals surface area contributed by atoms with Crippen LogP contribution in [0.5, 0.6) is 5.75 Å². The molecule has 0 saturated carbocycles. The molecule has 0 aliphatic heterocycles. The van der Waals surface area contributed by atoms with Crippen molar-refractivity contribution in [3.05, 3.63) is 91.7 Å². The molecule has 0 spiro atoms. The third-order valence-electron chi connectivity index (χ3n) is 7.31. The van der Waals surface area contributed by atoms with Crippen molar-refractivity contribution in [1.82, 2.24) is 21.3 Å². The van der Waals surface area contributed by atoms with E-state index in [1.165, 1.54) is 12.1 Å². The number of aliphatic carboxylic acids is 1. The summed E-state index contributed by atoms with van der Waals surface area (Å²) in [6.07, 6.45) is 0.403. The molecule has 3 rings (SSSR count). The molecule has 3 aromatic rings. The van der Waals surface area contributed by atoms with Crippen molar-refractivity contribution in [2.45, 2.75) is 57.8 Å². The van der Waals surface area contributed by atoms with Gasteiger partial charge in [-0.1, -0.05) is 56.3 Å². The lowest BCUT2D eigenvalue weighted by Gasteiger charge is -2.23. The van der Waals surface area contributed by atoms with E-state index in [1.54, 1.807) is 42.5 Å². The molecule has 0 aliphatic carbocycles. The number of phenols is 1. The first-order chi connectivity index (χ1) is 22.7. The summed E-state index contributed by atoms with van der Waals surface area (Å²) in [4.78, 5) is 86.7. The maximum Gasteiger partial charge on any atom is 0.326 e. The van der Waals surface area contributed by atoms with Crippen LogP contribution in [0.3, 0.4) is 0 Å². The Labute approximate surface area is 276 Å².